The van der Waals surface area contributed by atoms with Gasteiger partial charge in [-0.2, -0.15) is 0 Å². The van der Waals surface area contributed by atoms with Gasteiger partial charge in [0.05, 0.1) is 11.0 Å². The largest absolute Gasteiger partial charge is 0.309 e. The Morgan fingerprint density at radius 2 is 0.797 bits per heavy atom. The zero-order chi connectivity index (χ0) is 42.8. The maximum atomic E-state index is 5.22. The van der Waals surface area contributed by atoms with E-state index < -0.39 is 0 Å². The zero-order valence-electron chi connectivity index (χ0n) is 35.6. The average Bonchev–Trinajstić information content (AvgIpc) is 3.82. The quantitative estimate of drug-likeness (QED) is 0.161. The summed E-state index contributed by atoms with van der Waals surface area (Å²) in [6.45, 7) is 4.69. The Morgan fingerprint density at radius 1 is 0.328 bits per heavy atom. The van der Waals surface area contributed by atoms with E-state index in [0.717, 1.165) is 44.5 Å². The van der Waals surface area contributed by atoms with E-state index in [9.17, 15) is 0 Å². The Balaban J connectivity index is 1.02. The molecule has 0 saturated heterocycles. The highest BCUT2D eigenvalue weighted by atomic mass is 15.0. The van der Waals surface area contributed by atoms with Crippen LogP contribution in [0.1, 0.15) is 25.0 Å². The topological polar surface area (TPSA) is 43.6 Å². The van der Waals surface area contributed by atoms with Gasteiger partial charge in [0.15, 0.2) is 17.5 Å². The van der Waals surface area contributed by atoms with Crippen LogP contribution in [0.5, 0.6) is 0 Å². The van der Waals surface area contributed by atoms with Crippen molar-refractivity contribution in [1.29, 1.82) is 0 Å². The summed E-state index contributed by atoms with van der Waals surface area (Å²) in [6.07, 6.45) is 0. The van der Waals surface area contributed by atoms with Crippen LogP contribution in [0.25, 0.3) is 106 Å². The third kappa shape index (κ3) is 6.26. The smallest absolute Gasteiger partial charge is 0.164 e. The normalized spacial score (nSPS) is 12.7. The molecule has 1 aliphatic carbocycles. The second kappa shape index (κ2) is 15.0. The van der Waals surface area contributed by atoms with Gasteiger partial charge in [0.25, 0.3) is 0 Å². The first kappa shape index (κ1) is 37.5. The number of hydrogen-bond donors (Lipinski definition) is 0. The fourth-order valence-electron chi connectivity index (χ4n) is 9.83. The highest BCUT2D eigenvalue weighted by Gasteiger charge is 2.36. The van der Waals surface area contributed by atoms with Gasteiger partial charge in [-0.15, -0.1) is 0 Å². The molecule has 0 fully saturated rings. The Hall–Kier alpha value is -8.21. The lowest BCUT2D eigenvalue weighted by Gasteiger charge is -2.21. The maximum Gasteiger partial charge on any atom is 0.164 e. The molecule has 302 valence electrons. The molecule has 0 radical (unpaired) electrons. The lowest BCUT2D eigenvalue weighted by molar-refractivity contribution is 0.660. The van der Waals surface area contributed by atoms with E-state index in [1.165, 1.54) is 55.3 Å². The van der Waals surface area contributed by atoms with E-state index in [1.807, 2.05) is 12.1 Å². The van der Waals surface area contributed by atoms with Crippen LogP contribution in [0, 0.1) is 0 Å². The fraction of sp³-hybridized carbons (Fsp3) is 0.0500. The summed E-state index contributed by atoms with van der Waals surface area (Å²) >= 11 is 0. The number of fused-ring (bicyclic) bond motifs is 6. The van der Waals surface area contributed by atoms with E-state index >= 15 is 0 Å². The van der Waals surface area contributed by atoms with Gasteiger partial charge in [-0.05, 0) is 86.0 Å². The minimum Gasteiger partial charge on any atom is -0.309 e. The van der Waals surface area contributed by atoms with Crippen LogP contribution in [0.2, 0.25) is 0 Å². The molecule has 1 aliphatic rings. The maximum absolute atomic E-state index is 5.22. The molecule has 4 heteroatoms. The highest BCUT2D eigenvalue weighted by molar-refractivity contribution is 6.12. The monoisotopic (exact) mass is 818 g/mol. The molecule has 0 aliphatic heterocycles. The van der Waals surface area contributed by atoms with Crippen molar-refractivity contribution in [3.8, 4) is 84.4 Å². The van der Waals surface area contributed by atoms with Gasteiger partial charge in [0, 0.05) is 38.6 Å². The van der Waals surface area contributed by atoms with Crippen LogP contribution in [-0.4, -0.2) is 19.5 Å². The first-order valence-corrected chi connectivity index (χ1v) is 21.9. The summed E-state index contributed by atoms with van der Waals surface area (Å²) in [6, 6.07) is 77.9. The van der Waals surface area contributed by atoms with Crippen LogP contribution in [0.15, 0.2) is 218 Å². The van der Waals surface area contributed by atoms with Gasteiger partial charge in [-0.1, -0.05) is 202 Å². The van der Waals surface area contributed by atoms with Crippen molar-refractivity contribution in [2.45, 2.75) is 19.3 Å². The van der Waals surface area contributed by atoms with E-state index in [0.29, 0.717) is 17.5 Å². The molecule has 2 aromatic heterocycles. The molecule has 64 heavy (non-hydrogen) atoms. The molecule has 0 amide bonds. The Labute approximate surface area is 372 Å². The second-order valence-corrected chi connectivity index (χ2v) is 17.2. The SMILES string of the molecule is CC1(C)c2ccccc2-c2c(-c3ccc4c(c3)c3ccc(-c5nc(-c6ccc(-c7ccccc7)cc6)nc(-c6ccc(-c7ccccc7)cc6)n5)cc3n4-c3ccccc3)cccc21. The number of nitrogens with zero attached hydrogens (tertiary/aromatic N) is 4. The van der Waals surface area contributed by atoms with Gasteiger partial charge in [0.2, 0.25) is 0 Å². The summed E-state index contributed by atoms with van der Waals surface area (Å²) in [4.78, 5) is 15.6. The number of para-hydroxylation sites is 1. The summed E-state index contributed by atoms with van der Waals surface area (Å²) < 4.78 is 2.37. The minimum atomic E-state index is -0.0717. The molecule has 11 aromatic rings. The first-order chi connectivity index (χ1) is 31.5. The molecule has 0 N–H and O–H groups in total. The lowest BCUT2D eigenvalue weighted by Crippen LogP contribution is -2.14. The molecule has 2 heterocycles. The Bertz CT molecular complexity index is 3430. The van der Waals surface area contributed by atoms with Crippen molar-refractivity contribution in [2.75, 3.05) is 0 Å². The second-order valence-electron chi connectivity index (χ2n) is 17.2. The molecule has 0 atom stereocenters. The molecule has 4 nitrogen and oxygen atoms in total. The average molecular weight is 819 g/mol. The summed E-state index contributed by atoms with van der Waals surface area (Å²) in [7, 11) is 0. The van der Waals surface area contributed by atoms with Crippen LogP contribution < -0.4 is 0 Å². The molecule has 0 bridgehead atoms. The van der Waals surface area contributed by atoms with Crippen LogP contribution in [-0.2, 0) is 5.41 Å². The van der Waals surface area contributed by atoms with Crippen molar-refractivity contribution in [3.63, 3.8) is 0 Å². The van der Waals surface area contributed by atoms with Crippen molar-refractivity contribution in [2.24, 2.45) is 0 Å². The summed E-state index contributed by atoms with van der Waals surface area (Å²) in [5, 5.41) is 2.36. The fourth-order valence-corrected chi connectivity index (χ4v) is 9.83. The molecule has 0 saturated carbocycles. The zero-order valence-corrected chi connectivity index (χ0v) is 35.6. The highest BCUT2D eigenvalue weighted by Crippen LogP contribution is 2.52. The molecule has 9 aromatic carbocycles. The van der Waals surface area contributed by atoms with Crippen molar-refractivity contribution in [3.05, 3.63) is 230 Å². The third-order valence-corrected chi connectivity index (χ3v) is 13.1. The van der Waals surface area contributed by atoms with Gasteiger partial charge in [-0.3, -0.25) is 0 Å². The summed E-state index contributed by atoms with van der Waals surface area (Å²) in [5.74, 6) is 1.87. The first-order valence-electron chi connectivity index (χ1n) is 21.9. The predicted molar refractivity (Wildman–Crippen MR) is 264 cm³/mol. The molecular formula is C60H42N4. The predicted octanol–water partition coefficient (Wildman–Crippen LogP) is 15.3. The Kier molecular flexibility index (Phi) is 8.80. The van der Waals surface area contributed by atoms with Crippen molar-refractivity contribution >= 4 is 21.8 Å². The van der Waals surface area contributed by atoms with Gasteiger partial charge in [-0.25, -0.2) is 15.0 Å². The van der Waals surface area contributed by atoms with E-state index in [4.69, 9.17) is 15.0 Å². The number of benzene rings is 9. The van der Waals surface area contributed by atoms with Crippen LogP contribution >= 0.6 is 0 Å². The molecule has 12 rings (SSSR count). The molecule has 0 unspecified atom stereocenters. The summed E-state index contributed by atoms with van der Waals surface area (Å²) in [5.41, 5.74) is 18.5. The van der Waals surface area contributed by atoms with E-state index in [-0.39, 0.29) is 5.41 Å². The number of hydrogen-bond acceptors (Lipinski definition) is 3. The van der Waals surface area contributed by atoms with Crippen LogP contribution in [0.4, 0.5) is 0 Å². The number of rotatable bonds is 7. The minimum absolute atomic E-state index is 0.0717. The van der Waals surface area contributed by atoms with Crippen LogP contribution in [0.3, 0.4) is 0 Å². The standard InChI is InChI=1S/C60H42N4/c1-60(2)52-23-13-12-21-50(52)56-48(22-14-24-53(56)60)45-34-36-54-51(37-45)49-35-33-46(38-55(49)64(54)47-19-10-5-11-20-47)59-62-57(43-29-25-41(26-30-43)39-15-6-3-7-16-39)61-58(63-59)44-31-27-42(28-32-44)40-17-8-4-9-18-40/h3-38H,1-2H3. The van der Waals surface area contributed by atoms with Crippen molar-refractivity contribution < 1.29 is 0 Å². The van der Waals surface area contributed by atoms with Gasteiger partial charge < -0.3 is 4.57 Å². The lowest BCUT2D eigenvalue weighted by atomic mass is 9.82. The number of aromatic nitrogens is 4. The van der Waals surface area contributed by atoms with E-state index in [1.54, 1.807) is 0 Å². The van der Waals surface area contributed by atoms with E-state index in [2.05, 4.69) is 225 Å². The Morgan fingerprint density at radius 3 is 1.42 bits per heavy atom. The van der Waals surface area contributed by atoms with Crippen molar-refractivity contribution in [1.82, 2.24) is 19.5 Å². The van der Waals surface area contributed by atoms with Gasteiger partial charge in [0.1, 0.15) is 0 Å². The van der Waals surface area contributed by atoms with Gasteiger partial charge >= 0.3 is 0 Å². The molecular weight excluding hydrogens is 777 g/mol. The third-order valence-electron chi connectivity index (χ3n) is 13.1. The molecule has 0 spiro atoms.